The monoisotopic (exact) mass is 246 g/mol. The summed E-state index contributed by atoms with van der Waals surface area (Å²) in [5.74, 6) is 0.593. The highest BCUT2D eigenvalue weighted by Crippen LogP contribution is 2.17. The van der Waals surface area contributed by atoms with Crippen LogP contribution in [0.25, 0.3) is 0 Å². The second-order valence-electron chi connectivity index (χ2n) is 5.03. The molecule has 0 saturated carbocycles. The molecule has 92 valence electrons. The molecule has 16 heavy (non-hydrogen) atoms. The average Bonchev–Trinajstić information content (AvgIpc) is 2.48. The van der Waals surface area contributed by atoms with Gasteiger partial charge in [-0.15, -0.1) is 0 Å². The maximum atomic E-state index is 11.8. The Kier molecular flexibility index (Phi) is 3.69. The van der Waals surface area contributed by atoms with Crippen molar-refractivity contribution in [3.05, 3.63) is 12.2 Å². The van der Waals surface area contributed by atoms with E-state index in [4.69, 9.17) is 0 Å². The van der Waals surface area contributed by atoms with Crippen LogP contribution >= 0.6 is 0 Å². The van der Waals surface area contributed by atoms with Gasteiger partial charge in [0.1, 0.15) is 12.2 Å². The largest absolute Gasteiger partial charge is 0.262 e. The number of aromatic amines is 1. The van der Waals surface area contributed by atoms with Crippen LogP contribution in [-0.2, 0) is 10.0 Å². The van der Waals surface area contributed by atoms with Gasteiger partial charge in [-0.05, 0) is 12.3 Å². The summed E-state index contributed by atoms with van der Waals surface area (Å²) >= 11 is 0. The minimum absolute atomic E-state index is 0.0818. The van der Waals surface area contributed by atoms with Gasteiger partial charge in [0.2, 0.25) is 10.0 Å². The molecule has 0 bridgehead atoms. The van der Waals surface area contributed by atoms with Crippen LogP contribution < -0.4 is 4.72 Å². The van der Waals surface area contributed by atoms with Gasteiger partial charge in [0.15, 0.2) is 0 Å². The zero-order chi connectivity index (χ0) is 12.4. The zero-order valence-electron chi connectivity index (χ0n) is 9.98. The van der Waals surface area contributed by atoms with Crippen molar-refractivity contribution in [2.45, 2.75) is 33.7 Å². The van der Waals surface area contributed by atoms with Crippen molar-refractivity contribution < 1.29 is 8.42 Å². The number of nitrogens with zero attached hydrogens (tertiary/aromatic N) is 2. The molecule has 1 atom stereocenters. The highest BCUT2D eigenvalue weighted by molar-refractivity contribution is 7.89. The minimum Gasteiger partial charge on any atom is -0.262 e. The van der Waals surface area contributed by atoms with Crippen molar-refractivity contribution in [3.63, 3.8) is 0 Å². The van der Waals surface area contributed by atoms with Crippen LogP contribution in [0.1, 0.15) is 39.6 Å². The van der Waals surface area contributed by atoms with Crippen LogP contribution in [0.5, 0.6) is 0 Å². The van der Waals surface area contributed by atoms with Crippen LogP contribution in [0.3, 0.4) is 0 Å². The first-order chi connectivity index (χ1) is 7.20. The van der Waals surface area contributed by atoms with Gasteiger partial charge in [-0.25, -0.2) is 18.1 Å². The molecule has 1 aromatic heterocycles. The van der Waals surface area contributed by atoms with Crippen molar-refractivity contribution in [2.24, 2.45) is 5.41 Å². The summed E-state index contributed by atoms with van der Waals surface area (Å²) in [7, 11) is -3.30. The molecule has 1 heterocycles. The molecular formula is C9H18N4O2S. The summed E-state index contributed by atoms with van der Waals surface area (Å²) in [5.41, 5.74) is -0.271. The molecule has 0 aliphatic heterocycles. The van der Waals surface area contributed by atoms with E-state index in [9.17, 15) is 8.42 Å². The standard InChI is InChI=1S/C9H18N4O2S/c1-7(8-10-6-11-12-8)13-16(14,15)5-9(2,3)4/h6-7,13H,5H2,1-4H3,(H,10,11,12). The zero-order valence-corrected chi connectivity index (χ0v) is 10.8. The van der Waals surface area contributed by atoms with Crippen LogP contribution in [0.15, 0.2) is 6.33 Å². The van der Waals surface area contributed by atoms with Crippen LogP contribution in [0.4, 0.5) is 0 Å². The molecule has 1 unspecified atom stereocenters. The second-order valence-corrected chi connectivity index (χ2v) is 6.78. The molecule has 0 aliphatic rings. The molecule has 0 saturated heterocycles. The third kappa shape index (κ3) is 4.28. The molecule has 6 nitrogen and oxygen atoms in total. The SMILES string of the molecule is CC(NS(=O)(=O)CC(C)(C)C)c1ncn[nH]1. The molecule has 0 radical (unpaired) electrons. The van der Waals surface area contributed by atoms with Crippen molar-refractivity contribution in [3.8, 4) is 0 Å². The smallest absolute Gasteiger partial charge is 0.212 e. The fraction of sp³-hybridized carbons (Fsp3) is 0.778. The van der Waals surface area contributed by atoms with Gasteiger partial charge in [-0.1, -0.05) is 20.8 Å². The van der Waals surface area contributed by atoms with E-state index in [-0.39, 0.29) is 11.2 Å². The molecule has 2 N–H and O–H groups in total. The number of hydrogen-bond acceptors (Lipinski definition) is 4. The van der Waals surface area contributed by atoms with E-state index in [2.05, 4.69) is 19.9 Å². The third-order valence-corrected chi connectivity index (χ3v) is 3.78. The van der Waals surface area contributed by atoms with Gasteiger partial charge in [-0.3, -0.25) is 5.10 Å². The summed E-state index contributed by atoms with van der Waals surface area (Å²) in [6.07, 6.45) is 1.35. The third-order valence-electron chi connectivity index (χ3n) is 1.82. The van der Waals surface area contributed by atoms with Gasteiger partial charge in [0.25, 0.3) is 0 Å². The molecule has 1 rings (SSSR count). The summed E-state index contributed by atoms with van der Waals surface area (Å²) in [5, 5.41) is 6.31. The lowest BCUT2D eigenvalue weighted by atomic mass is 10.0. The molecule has 7 heteroatoms. The number of sulfonamides is 1. The number of hydrogen-bond donors (Lipinski definition) is 2. The summed E-state index contributed by atoms with van der Waals surface area (Å²) < 4.78 is 26.1. The minimum atomic E-state index is -3.30. The topological polar surface area (TPSA) is 87.7 Å². The Hall–Kier alpha value is -0.950. The fourth-order valence-corrected chi connectivity index (χ4v) is 3.23. The first kappa shape index (κ1) is 13.1. The van der Waals surface area contributed by atoms with Crippen molar-refractivity contribution in [1.29, 1.82) is 0 Å². The lowest BCUT2D eigenvalue weighted by Gasteiger charge is -2.20. The molecule has 1 aromatic rings. The Morgan fingerprint density at radius 3 is 2.56 bits per heavy atom. The van der Waals surface area contributed by atoms with E-state index in [0.29, 0.717) is 5.82 Å². The van der Waals surface area contributed by atoms with E-state index in [1.807, 2.05) is 20.8 Å². The Bertz CT molecular complexity index is 419. The summed E-state index contributed by atoms with van der Waals surface area (Å²) in [6, 6.07) is -0.394. The van der Waals surface area contributed by atoms with E-state index in [1.54, 1.807) is 6.92 Å². The first-order valence-electron chi connectivity index (χ1n) is 5.05. The number of rotatable bonds is 4. The van der Waals surface area contributed by atoms with Gasteiger partial charge in [0, 0.05) is 0 Å². The average molecular weight is 246 g/mol. The van der Waals surface area contributed by atoms with Crippen molar-refractivity contribution in [2.75, 3.05) is 5.75 Å². The van der Waals surface area contributed by atoms with E-state index >= 15 is 0 Å². The van der Waals surface area contributed by atoms with Gasteiger partial charge >= 0.3 is 0 Å². The Balaban J connectivity index is 2.67. The Morgan fingerprint density at radius 2 is 2.12 bits per heavy atom. The molecule has 0 fully saturated rings. The Morgan fingerprint density at radius 1 is 1.50 bits per heavy atom. The van der Waals surface area contributed by atoms with Gasteiger partial charge < -0.3 is 0 Å². The van der Waals surface area contributed by atoms with Crippen molar-refractivity contribution >= 4 is 10.0 Å². The summed E-state index contributed by atoms with van der Waals surface area (Å²) in [6.45, 7) is 7.36. The van der Waals surface area contributed by atoms with E-state index in [0.717, 1.165) is 0 Å². The molecule has 0 aliphatic carbocycles. The summed E-state index contributed by atoms with van der Waals surface area (Å²) in [4.78, 5) is 3.90. The molecular weight excluding hydrogens is 228 g/mol. The van der Waals surface area contributed by atoms with Crippen LogP contribution in [0.2, 0.25) is 0 Å². The molecule has 0 aromatic carbocycles. The van der Waals surface area contributed by atoms with E-state index < -0.39 is 16.1 Å². The molecule has 0 spiro atoms. The highest BCUT2D eigenvalue weighted by Gasteiger charge is 2.24. The maximum absolute atomic E-state index is 11.8. The van der Waals surface area contributed by atoms with Crippen LogP contribution in [-0.4, -0.2) is 29.4 Å². The Labute approximate surface area is 95.9 Å². The maximum Gasteiger partial charge on any atom is 0.212 e. The van der Waals surface area contributed by atoms with Gasteiger partial charge in [-0.2, -0.15) is 5.10 Å². The predicted octanol–water partition coefficient (Wildman–Crippen LogP) is 0.831. The van der Waals surface area contributed by atoms with E-state index in [1.165, 1.54) is 6.33 Å². The highest BCUT2D eigenvalue weighted by atomic mass is 32.2. The first-order valence-corrected chi connectivity index (χ1v) is 6.70. The quantitative estimate of drug-likeness (QED) is 0.823. The van der Waals surface area contributed by atoms with Crippen LogP contribution in [0, 0.1) is 5.41 Å². The lowest BCUT2D eigenvalue weighted by Crippen LogP contribution is -2.34. The normalized spacial score (nSPS) is 15.0. The number of nitrogens with one attached hydrogen (secondary N) is 2. The number of aromatic nitrogens is 3. The second kappa shape index (κ2) is 4.50. The predicted molar refractivity (Wildman–Crippen MR) is 61.2 cm³/mol. The number of H-pyrrole nitrogens is 1. The molecule has 0 amide bonds. The lowest BCUT2D eigenvalue weighted by molar-refractivity contribution is 0.454. The van der Waals surface area contributed by atoms with Gasteiger partial charge in [0.05, 0.1) is 11.8 Å². The fourth-order valence-electron chi connectivity index (χ4n) is 1.36. The van der Waals surface area contributed by atoms with Crippen molar-refractivity contribution in [1.82, 2.24) is 19.9 Å².